The lowest BCUT2D eigenvalue weighted by Crippen LogP contribution is -2.62. The van der Waals surface area contributed by atoms with E-state index in [2.05, 4.69) is 0 Å². The molecular weight excluding hydrogens is 440 g/mol. The maximum atomic E-state index is 13.9. The predicted molar refractivity (Wildman–Crippen MR) is 119 cm³/mol. The van der Waals surface area contributed by atoms with Crippen molar-refractivity contribution in [1.29, 1.82) is 0 Å². The van der Waals surface area contributed by atoms with Crippen LogP contribution in [-0.4, -0.2) is 63.1 Å². The Hall–Kier alpha value is -3.69. The number of hydrogen-bond donors (Lipinski definition) is 3. The number of Topliss-reactive ketones (excluding diaryl/α,β-unsaturated/α-hetero) is 2. The summed E-state index contributed by atoms with van der Waals surface area (Å²) in [6.45, 7) is 0. The highest BCUT2D eigenvalue weighted by atomic mass is 16.7. The highest BCUT2D eigenvalue weighted by molar-refractivity contribution is 6.24. The molecule has 1 heterocycles. The molecule has 8 nitrogen and oxygen atoms in total. The third-order valence-corrected chi connectivity index (χ3v) is 5.65. The van der Waals surface area contributed by atoms with E-state index in [1.165, 1.54) is 36.4 Å². The summed E-state index contributed by atoms with van der Waals surface area (Å²) in [5, 5.41) is 30.9. The zero-order chi connectivity index (χ0) is 24.3. The number of esters is 1. The van der Waals surface area contributed by atoms with Gasteiger partial charge >= 0.3 is 5.97 Å². The quantitative estimate of drug-likeness (QED) is 0.275. The number of carbonyl (C=O) groups is 3. The molecule has 0 aliphatic carbocycles. The molecule has 0 bridgehead atoms. The molecular formula is C26H22O8. The normalized spacial score (nSPS) is 22.2. The first-order valence-electron chi connectivity index (χ1n) is 10.5. The minimum absolute atomic E-state index is 0.000627. The first-order chi connectivity index (χ1) is 16.4. The second kappa shape index (κ2) is 9.66. The molecule has 1 saturated heterocycles. The zero-order valence-electron chi connectivity index (χ0n) is 17.9. The third kappa shape index (κ3) is 4.15. The molecule has 4 rings (SSSR count). The Morgan fingerprint density at radius 2 is 1.06 bits per heavy atom. The Labute approximate surface area is 195 Å². The summed E-state index contributed by atoms with van der Waals surface area (Å²) < 4.78 is 11.0. The Kier molecular flexibility index (Phi) is 6.67. The van der Waals surface area contributed by atoms with Gasteiger partial charge in [0.2, 0.25) is 11.6 Å². The van der Waals surface area contributed by atoms with E-state index < -0.39 is 47.7 Å². The second-order valence-electron chi connectivity index (χ2n) is 7.81. The molecule has 1 fully saturated rings. The first kappa shape index (κ1) is 23.5. The molecule has 174 valence electrons. The van der Waals surface area contributed by atoms with Crippen LogP contribution < -0.4 is 0 Å². The number of aliphatic hydroxyl groups is 3. The summed E-state index contributed by atoms with van der Waals surface area (Å²) in [5.41, 5.74) is -2.71. The van der Waals surface area contributed by atoms with Crippen molar-refractivity contribution in [3.8, 4) is 0 Å². The molecule has 0 radical (unpaired) electrons. The Balaban J connectivity index is 1.93. The fraction of sp³-hybridized carbons (Fsp3) is 0.192. The van der Waals surface area contributed by atoms with Gasteiger partial charge in [0.1, 0.15) is 18.3 Å². The van der Waals surface area contributed by atoms with Crippen LogP contribution in [0.4, 0.5) is 0 Å². The molecule has 0 saturated carbocycles. The van der Waals surface area contributed by atoms with Crippen LogP contribution >= 0.6 is 0 Å². The van der Waals surface area contributed by atoms with Crippen LogP contribution in [0.1, 0.15) is 31.1 Å². The van der Waals surface area contributed by atoms with Crippen LogP contribution in [0.5, 0.6) is 0 Å². The molecule has 0 spiro atoms. The highest BCUT2D eigenvalue weighted by Crippen LogP contribution is 2.37. The number of hydrogen-bond acceptors (Lipinski definition) is 8. The van der Waals surface area contributed by atoms with Crippen LogP contribution in [0.15, 0.2) is 91.0 Å². The topological polar surface area (TPSA) is 130 Å². The molecule has 3 aromatic carbocycles. The van der Waals surface area contributed by atoms with Gasteiger partial charge in [0, 0.05) is 11.1 Å². The molecule has 0 unspecified atom stereocenters. The van der Waals surface area contributed by atoms with E-state index in [1.807, 2.05) is 0 Å². The van der Waals surface area contributed by atoms with Crippen molar-refractivity contribution >= 4 is 17.5 Å². The Morgan fingerprint density at radius 1 is 0.647 bits per heavy atom. The van der Waals surface area contributed by atoms with Gasteiger partial charge in [0.15, 0.2) is 6.29 Å². The predicted octanol–water partition coefficient (Wildman–Crippen LogP) is 1.79. The van der Waals surface area contributed by atoms with Gasteiger partial charge in [-0.3, -0.25) is 9.59 Å². The van der Waals surface area contributed by atoms with Crippen molar-refractivity contribution in [3.05, 3.63) is 108 Å². The monoisotopic (exact) mass is 462 g/mol. The van der Waals surface area contributed by atoms with Crippen molar-refractivity contribution in [3.63, 3.8) is 0 Å². The minimum atomic E-state index is -2.76. The van der Waals surface area contributed by atoms with Gasteiger partial charge in [-0.2, -0.15) is 0 Å². The number of rotatable bonds is 7. The highest BCUT2D eigenvalue weighted by Gasteiger charge is 2.64. The summed E-state index contributed by atoms with van der Waals surface area (Å²) in [6.07, 6.45) is -7.57. The van der Waals surface area contributed by atoms with Crippen molar-refractivity contribution < 1.29 is 39.2 Å². The molecule has 3 aromatic rings. The average molecular weight is 462 g/mol. The molecule has 1 aliphatic heterocycles. The van der Waals surface area contributed by atoms with Crippen molar-refractivity contribution in [2.75, 3.05) is 0 Å². The van der Waals surface area contributed by atoms with E-state index in [-0.39, 0.29) is 16.7 Å². The standard InChI is InChI=1S/C26H22O8/c27-19-20(28)25(32)33-23(19)26(21(29)16-10-4-1-5-11-16,22(30)17-12-6-2-7-13-17)34-24(31)18-14-8-3-9-15-18/h1-15,19-20,23,25,27-28,32H/t19-,20-,23-,25-/m0/s1. The number of aliphatic hydroxyl groups excluding tert-OH is 3. The van der Waals surface area contributed by atoms with Gasteiger partial charge < -0.3 is 24.8 Å². The number of benzene rings is 3. The molecule has 0 aromatic heterocycles. The largest absolute Gasteiger partial charge is 0.435 e. The number of ketones is 2. The van der Waals surface area contributed by atoms with Crippen LogP contribution in [0.3, 0.4) is 0 Å². The first-order valence-corrected chi connectivity index (χ1v) is 10.5. The Bertz CT molecular complexity index is 1110. The summed E-state index contributed by atoms with van der Waals surface area (Å²) in [6, 6.07) is 22.9. The minimum Gasteiger partial charge on any atom is -0.435 e. The third-order valence-electron chi connectivity index (χ3n) is 5.65. The smallest absolute Gasteiger partial charge is 0.339 e. The molecule has 1 aliphatic rings. The number of ether oxygens (including phenoxy) is 2. The van der Waals surface area contributed by atoms with E-state index in [0.29, 0.717) is 0 Å². The maximum absolute atomic E-state index is 13.9. The van der Waals surface area contributed by atoms with Crippen molar-refractivity contribution in [2.45, 2.75) is 30.2 Å². The second-order valence-corrected chi connectivity index (χ2v) is 7.81. The van der Waals surface area contributed by atoms with E-state index in [1.54, 1.807) is 54.6 Å². The Morgan fingerprint density at radius 3 is 1.44 bits per heavy atom. The molecule has 3 N–H and O–H groups in total. The SMILES string of the molecule is O=C(OC(C(=O)c1ccccc1)(C(=O)c1ccccc1)[C@H]1O[C@H](O)[C@@H](O)[C@@H]1O)c1ccccc1. The van der Waals surface area contributed by atoms with Gasteiger partial charge in [-0.15, -0.1) is 0 Å². The summed E-state index contributed by atoms with van der Waals surface area (Å²) in [7, 11) is 0. The lowest BCUT2D eigenvalue weighted by molar-refractivity contribution is -0.153. The molecule has 8 heteroatoms. The average Bonchev–Trinajstić information content (AvgIpc) is 3.15. The van der Waals surface area contributed by atoms with Gasteiger partial charge in [-0.1, -0.05) is 78.9 Å². The maximum Gasteiger partial charge on any atom is 0.339 e. The van der Waals surface area contributed by atoms with Gasteiger partial charge in [0.05, 0.1) is 5.56 Å². The fourth-order valence-electron chi connectivity index (χ4n) is 3.89. The molecule has 4 atom stereocenters. The van der Waals surface area contributed by atoms with Gasteiger partial charge in [-0.05, 0) is 12.1 Å². The zero-order valence-corrected chi connectivity index (χ0v) is 17.9. The summed E-state index contributed by atoms with van der Waals surface area (Å²) in [4.78, 5) is 41.1. The summed E-state index contributed by atoms with van der Waals surface area (Å²) >= 11 is 0. The van der Waals surface area contributed by atoms with E-state index in [0.717, 1.165) is 0 Å². The fourth-order valence-corrected chi connectivity index (χ4v) is 3.89. The van der Waals surface area contributed by atoms with E-state index in [4.69, 9.17) is 9.47 Å². The van der Waals surface area contributed by atoms with Crippen LogP contribution in [0.25, 0.3) is 0 Å². The lowest BCUT2D eigenvalue weighted by Gasteiger charge is -2.36. The van der Waals surface area contributed by atoms with Crippen molar-refractivity contribution in [1.82, 2.24) is 0 Å². The van der Waals surface area contributed by atoms with Crippen LogP contribution in [0, 0.1) is 0 Å². The van der Waals surface area contributed by atoms with Crippen LogP contribution in [0.2, 0.25) is 0 Å². The molecule has 0 amide bonds. The number of carbonyl (C=O) groups excluding carboxylic acids is 3. The molecule has 34 heavy (non-hydrogen) atoms. The van der Waals surface area contributed by atoms with E-state index in [9.17, 15) is 29.7 Å². The van der Waals surface area contributed by atoms with Crippen LogP contribution in [-0.2, 0) is 9.47 Å². The lowest BCUT2D eigenvalue weighted by atomic mass is 9.78. The van der Waals surface area contributed by atoms with Gasteiger partial charge in [-0.25, -0.2) is 4.79 Å². The van der Waals surface area contributed by atoms with Gasteiger partial charge in [0.25, 0.3) is 5.60 Å². The summed E-state index contributed by atoms with van der Waals surface area (Å²) in [5.74, 6) is -2.98. The van der Waals surface area contributed by atoms with E-state index >= 15 is 0 Å². The van der Waals surface area contributed by atoms with Crippen molar-refractivity contribution in [2.24, 2.45) is 0 Å².